The van der Waals surface area contributed by atoms with Gasteiger partial charge in [-0.25, -0.2) is 0 Å². The number of aromatic nitrogens is 1. The van der Waals surface area contributed by atoms with Crippen molar-refractivity contribution in [2.75, 3.05) is 14.1 Å². The monoisotopic (exact) mass is 244 g/mol. The Morgan fingerprint density at radius 3 is 2.78 bits per heavy atom. The standard InChI is InChI=1S/C15H20N2O/c1-12-6-7-14-13(11-12)8-10-17(14)9-4-5-15(18)16(2)3/h6-8,10-11H,4-5,9H2,1-3H3. The Morgan fingerprint density at radius 1 is 1.28 bits per heavy atom. The van der Waals surface area contributed by atoms with E-state index < -0.39 is 0 Å². The van der Waals surface area contributed by atoms with E-state index >= 15 is 0 Å². The van der Waals surface area contributed by atoms with E-state index in [9.17, 15) is 4.79 Å². The first-order valence-corrected chi connectivity index (χ1v) is 6.33. The zero-order valence-corrected chi connectivity index (χ0v) is 11.3. The van der Waals surface area contributed by atoms with E-state index in [1.165, 1.54) is 16.5 Å². The number of carbonyl (C=O) groups excluding carboxylic acids is 1. The van der Waals surface area contributed by atoms with E-state index in [2.05, 4.69) is 42.0 Å². The number of carbonyl (C=O) groups is 1. The normalized spacial score (nSPS) is 10.8. The third kappa shape index (κ3) is 2.73. The average Bonchev–Trinajstić information content (AvgIpc) is 2.71. The van der Waals surface area contributed by atoms with Gasteiger partial charge in [0.15, 0.2) is 0 Å². The molecule has 1 heterocycles. The minimum absolute atomic E-state index is 0.197. The number of amides is 1. The number of hydrogen-bond acceptors (Lipinski definition) is 1. The molecule has 0 aliphatic rings. The lowest BCUT2D eigenvalue weighted by molar-refractivity contribution is -0.128. The van der Waals surface area contributed by atoms with E-state index in [0.717, 1.165) is 13.0 Å². The van der Waals surface area contributed by atoms with E-state index in [4.69, 9.17) is 0 Å². The fourth-order valence-corrected chi connectivity index (χ4v) is 2.14. The molecule has 2 rings (SSSR count). The molecule has 3 heteroatoms. The first kappa shape index (κ1) is 12.7. The van der Waals surface area contributed by atoms with Crippen molar-refractivity contribution in [1.82, 2.24) is 9.47 Å². The first-order valence-electron chi connectivity index (χ1n) is 6.33. The molecule has 0 atom stereocenters. The van der Waals surface area contributed by atoms with Gasteiger partial charge in [-0.05, 0) is 36.9 Å². The second kappa shape index (κ2) is 5.25. The summed E-state index contributed by atoms with van der Waals surface area (Å²) in [5, 5.41) is 1.27. The van der Waals surface area contributed by atoms with Gasteiger partial charge in [0.2, 0.25) is 5.91 Å². The van der Waals surface area contributed by atoms with E-state index in [1.807, 2.05) is 0 Å². The molecular weight excluding hydrogens is 224 g/mol. The van der Waals surface area contributed by atoms with Crippen LogP contribution in [0.3, 0.4) is 0 Å². The van der Waals surface area contributed by atoms with Gasteiger partial charge in [0.1, 0.15) is 0 Å². The Kier molecular flexibility index (Phi) is 3.70. The summed E-state index contributed by atoms with van der Waals surface area (Å²) in [5.74, 6) is 0.197. The Bertz CT molecular complexity index is 555. The predicted molar refractivity (Wildman–Crippen MR) is 74.6 cm³/mol. The zero-order chi connectivity index (χ0) is 13.1. The molecule has 1 amide bonds. The maximum absolute atomic E-state index is 11.5. The summed E-state index contributed by atoms with van der Waals surface area (Å²) in [5.41, 5.74) is 2.53. The highest BCUT2D eigenvalue weighted by atomic mass is 16.2. The number of fused-ring (bicyclic) bond motifs is 1. The molecular formula is C15H20N2O. The van der Waals surface area contributed by atoms with Crippen molar-refractivity contribution < 1.29 is 4.79 Å². The number of aryl methyl sites for hydroxylation is 2. The average molecular weight is 244 g/mol. The van der Waals surface area contributed by atoms with Gasteiger partial charge in [-0.3, -0.25) is 4.79 Å². The van der Waals surface area contributed by atoms with Gasteiger partial charge >= 0.3 is 0 Å². The Hall–Kier alpha value is -1.77. The maximum Gasteiger partial charge on any atom is 0.222 e. The minimum Gasteiger partial charge on any atom is -0.349 e. The van der Waals surface area contributed by atoms with Gasteiger partial charge in [0, 0.05) is 38.8 Å². The van der Waals surface area contributed by atoms with Crippen LogP contribution in [0.1, 0.15) is 18.4 Å². The summed E-state index contributed by atoms with van der Waals surface area (Å²) in [7, 11) is 3.60. The highest BCUT2D eigenvalue weighted by Crippen LogP contribution is 2.17. The summed E-state index contributed by atoms with van der Waals surface area (Å²) in [4.78, 5) is 13.1. The van der Waals surface area contributed by atoms with Crippen molar-refractivity contribution in [3.8, 4) is 0 Å². The lowest BCUT2D eigenvalue weighted by Crippen LogP contribution is -2.21. The van der Waals surface area contributed by atoms with E-state index in [-0.39, 0.29) is 5.91 Å². The van der Waals surface area contributed by atoms with Gasteiger partial charge in [0.25, 0.3) is 0 Å². The van der Waals surface area contributed by atoms with E-state index in [1.54, 1.807) is 19.0 Å². The smallest absolute Gasteiger partial charge is 0.222 e. The second-order valence-corrected chi connectivity index (χ2v) is 4.96. The molecule has 0 spiro atoms. The van der Waals surface area contributed by atoms with Crippen molar-refractivity contribution in [1.29, 1.82) is 0 Å². The van der Waals surface area contributed by atoms with Crippen molar-refractivity contribution in [3.63, 3.8) is 0 Å². The second-order valence-electron chi connectivity index (χ2n) is 4.96. The Labute approximate surface area is 108 Å². The van der Waals surface area contributed by atoms with Crippen LogP contribution in [-0.2, 0) is 11.3 Å². The lowest BCUT2D eigenvalue weighted by atomic mass is 10.2. The molecule has 18 heavy (non-hydrogen) atoms. The fraction of sp³-hybridized carbons (Fsp3) is 0.400. The molecule has 0 radical (unpaired) electrons. The summed E-state index contributed by atoms with van der Waals surface area (Å²) in [6, 6.07) is 8.61. The van der Waals surface area contributed by atoms with Crippen LogP contribution >= 0.6 is 0 Å². The molecule has 0 bridgehead atoms. The number of hydrogen-bond donors (Lipinski definition) is 0. The topological polar surface area (TPSA) is 25.2 Å². The molecule has 3 nitrogen and oxygen atoms in total. The number of benzene rings is 1. The van der Waals surface area contributed by atoms with Crippen LogP contribution in [0, 0.1) is 6.92 Å². The molecule has 0 saturated heterocycles. The minimum atomic E-state index is 0.197. The Balaban J connectivity index is 2.02. The third-order valence-electron chi connectivity index (χ3n) is 3.21. The van der Waals surface area contributed by atoms with Crippen molar-refractivity contribution >= 4 is 16.8 Å². The molecule has 0 fully saturated rings. The third-order valence-corrected chi connectivity index (χ3v) is 3.21. The van der Waals surface area contributed by atoms with Crippen LogP contribution in [0.15, 0.2) is 30.5 Å². The molecule has 1 aromatic carbocycles. The molecule has 0 unspecified atom stereocenters. The highest BCUT2D eigenvalue weighted by Gasteiger charge is 2.05. The predicted octanol–water partition coefficient (Wildman–Crippen LogP) is 2.82. The van der Waals surface area contributed by atoms with Gasteiger partial charge in [-0.1, -0.05) is 11.6 Å². The molecule has 0 aliphatic heterocycles. The van der Waals surface area contributed by atoms with Crippen LogP contribution in [0.5, 0.6) is 0 Å². The zero-order valence-electron chi connectivity index (χ0n) is 11.3. The van der Waals surface area contributed by atoms with E-state index in [0.29, 0.717) is 6.42 Å². The van der Waals surface area contributed by atoms with Crippen molar-refractivity contribution in [2.24, 2.45) is 0 Å². The van der Waals surface area contributed by atoms with Gasteiger partial charge in [0.05, 0.1) is 0 Å². The molecule has 96 valence electrons. The highest BCUT2D eigenvalue weighted by molar-refractivity contribution is 5.80. The molecule has 1 aromatic heterocycles. The van der Waals surface area contributed by atoms with Crippen LogP contribution in [0.25, 0.3) is 10.9 Å². The van der Waals surface area contributed by atoms with Crippen LogP contribution in [0.4, 0.5) is 0 Å². The van der Waals surface area contributed by atoms with Gasteiger partial charge < -0.3 is 9.47 Å². The molecule has 0 aliphatic carbocycles. The fourth-order valence-electron chi connectivity index (χ4n) is 2.14. The summed E-state index contributed by atoms with van der Waals surface area (Å²) >= 11 is 0. The number of nitrogens with zero attached hydrogens (tertiary/aromatic N) is 2. The number of rotatable bonds is 4. The summed E-state index contributed by atoms with van der Waals surface area (Å²) in [6.45, 7) is 3.00. The van der Waals surface area contributed by atoms with Crippen LogP contribution in [-0.4, -0.2) is 29.5 Å². The van der Waals surface area contributed by atoms with Crippen molar-refractivity contribution in [2.45, 2.75) is 26.3 Å². The SMILES string of the molecule is Cc1ccc2c(ccn2CCCC(=O)N(C)C)c1. The quantitative estimate of drug-likeness (QED) is 0.812. The first-order chi connectivity index (χ1) is 8.58. The van der Waals surface area contributed by atoms with Gasteiger partial charge in [-0.2, -0.15) is 0 Å². The summed E-state index contributed by atoms with van der Waals surface area (Å²) in [6.07, 6.45) is 3.59. The Morgan fingerprint density at radius 2 is 2.06 bits per heavy atom. The van der Waals surface area contributed by atoms with Crippen LogP contribution in [0.2, 0.25) is 0 Å². The molecule has 2 aromatic rings. The molecule has 0 N–H and O–H groups in total. The van der Waals surface area contributed by atoms with Crippen molar-refractivity contribution in [3.05, 3.63) is 36.0 Å². The maximum atomic E-state index is 11.5. The van der Waals surface area contributed by atoms with Gasteiger partial charge in [-0.15, -0.1) is 0 Å². The largest absolute Gasteiger partial charge is 0.349 e. The lowest BCUT2D eigenvalue weighted by Gasteiger charge is -2.10. The molecule has 0 saturated carbocycles. The van der Waals surface area contributed by atoms with Crippen LogP contribution < -0.4 is 0 Å². The summed E-state index contributed by atoms with van der Waals surface area (Å²) < 4.78 is 2.22.